The second kappa shape index (κ2) is 33.3. The van der Waals surface area contributed by atoms with Gasteiger partial charge in [0.05, 0.1) is 26.4 Å². The number of carbonyl (C=O) groups excluding carboxylic acids is 4. The van der Waals surface area contributed by atoms with E-state index in [4.69, 9.17) is 30.5 Å². The lowest BCUT2D eigenvalue weighted by atomic mass is 10.0. The van der Waals surface area contributed by atoms with Crippen LogP contribution in [0, 0.1) is 23.7 Å². The molecule has 380 valence electrons. The van der Waals surface area contributed by atoms with Crippen LogP contribution in [0.1, 0.15) is 169 Å². The van der Waals surface area contributed by atoms with Crippen molar-refractivity contribution in [3.8, 4) is 0 Å². The highest BCUT2D eigenvalue weighted by Crippen LogP contribution is 2.24. The number of nitrogens with one attached hydrogen (secondary N) is 2. The van der Waals surface area contributed by atoms with Crippen molar-refractivity contribution in [3.05, 3.63) is 76.1 Å². The van der Waals surface area contributed by atoms with Gasteiger partial charge in [-0.25, -0.2) is 19.2 Å². The Balaban J connectivity index is 1.79. The highest BCUT2D eigenvalue weighted by molar-refractivity contribution is 6.28. The van der Waals surface area contributed by atoms with E-state index in [0.29, 0.717) is 22.5 Å². The predicted octanol–water partition coefficient (Wildman–Crippen LogP) is 13.8. The zero-order valence-corrected chi connectivity index (χ0v) is 43.5. The van der Waals surface area contributed by atoms with Gasteiger partial charge in [0, 0.05) is 11.4 Å². The van der Waals surface area contributed by atoms with Gasteiger partial charge in [-0.2, -0.15) is 15.0 Å². The van der Waals surface area contributed by atoms with Gasteiger partial charge in [0.2, 0.25) is 17.2 Å². The van der Waals surface area contributed by atoms with E-state index in [-0.39, 0.29) is 78.4 Å². The fraction of sp³-hybridized carbons (Fsp3) is 0.582. The van der Waals surface area contributed by atoms with E-state index in [1.165, 1.54) is 12.2 Å². The van der Waals surface area contributed by atoms with Crippen LogP contribution in [-0.4, -0.2) is 65.3 Å². The monoisotopic (exact) mass is 974 g/mol. The summed E-state index contributed by atoms with van der Waals surface area (Å²) in [5.41, 5.74) is 2.09. The van der Waals surface area contributed by atoms with Crippen molar-refractivity contribution in [2.45, 2.75) is 158 Å². The number of esters is 4. The van der Waals surface area contributed by atoms with Gasteiger partial charge < -0.3 is 29.6 Å². The lowest BCUT2D eigenvalue weighted by molar-refractivity contribution is -0.150. The van der Waals surface area contributed by atoms with E-state index < -0.39 is 23.9 Å². The number of rotatable bonds is 34. The molecule has 0 amide bonds. The number of halogens is 1. The number of carbonyl (C=O) groups is 4. The van der Waals surface area contributed by atoms with Crippen LogP contribution in [-0.2, 0) is 38.1 Å². The number of anilines is 4. The van der Waals surface area contributed by atoms with Crippen LogP contribution in [0.25, 0.3) is 12.2 Å². The van der Waals surface area contributed by atoms with Crippen molar-refractivity contribution in [2.24, 2.45) is 23.7 Å². The molecule has 4 unspecified atom stereocenters. The molecule has 0 aliphatic rings. The molecule has 4 atom stereocenters. The maximum absolute atomic E-state index is 13.4. The third-order valence-electron chi connectivity index (χ3n) is 12.4. The summed E-state index contributed by atoms with van der Waals surface area (Å²) >= 11 is 6.35. The van der Waals surface area contributed by atoms with Gasteiger partial charge in [-0.05, 0) is 109 Å². The fourth-order valence-corrected chi connectivity index (χ4v) is 7.62. The second-order valence-electron chi connectivity index (χ2n) is 17.9. The number of benzene rings is 2. The van der Waals surface area contributed by atoms with Crippen LogP contribution in [0.5, 0.6) is 0 Å². The molecule has 69 heavy (non-hydrogen) atoms. The van der Waals surface area contributed by atoms with E-state index in [2.05, 4.69) is 81.0 Å². The summed E-state index contributed by atoms with van der Waals surface area (Å²) in [5, 5.41) is 6.21. The predicted molar refractivity (Wildman–Crippen MR) is 277 cm³/mol. The molecule has 0 bridgehead atoms. The third-order valence-corrected chi connectivity index (χ3v) is 12.6. The molecule has 0 saturated carbocycles. The SMILES string of the molecule is CCCCC(CC)COC(=O)C(=Cc1ccc(Nc2nc(Cl)nc(Nc3ccc(C=C(C(=O)OCC(CC)CCCC)C(=O)OCC(CC)CCCC)cc3)n2)cc1)C(=O)OCC(CC)CCCC. The zero-order valence-electron chi connectivity index (χ0n) is 42.7. The minimum absolute atomic E-state index is 0.0579. The van der Waals surface area contributed by atoms with Crippen molar-refractivity contribution in [1.82, 2.24) is 15.0 Å². The molecule has 3 rings (SSSR count). The third kappa shape index (κ3) is 21.9. The number of ether oxygens (including phenoxy) is 4. The zero-order chi connectivity index (χ0) is 50.4. The first-order valence-electron chi connectivity index (χ1n) is 25.7. The van der Waals surface area contributed by atoms with E-state index in [1.807, 2.05) is 0 Å². The van der Waals surface area contributed by atoms with E-state index in [1.54, 1.807) is 48.5 Å². The fourth-order valence-electron chi connectivity index (χ4n) is 7.46. The molecule has 3 aromatic rings. The van der Waals surface area contributed by atoms with Crippen molar-refractivity contribution in [2.75, 3.05) is 37.1 Å². The first-order chi connectivity index (χ1) is 33.4. The van der Waals surface area contributed by atoms with Gasteiger partial charge in [-0.3, -0.25) is 0 Å². The van der Waals surface area contributed by atoms with Crippen molar-refractivity contribution in [1.29, 1.82) is 0 Å². The Bertz CT molecular complexity index is 1850. The second-order valence-corrected chi connectivity index (χ2v) is 18.3. The summed E-state index contributed by atoms with van der Waals surface area (Å²) in [5.74, 6) is -1.63. The molecule has 0 aliphatic carbocycles. The number of nitrogens with zero attached hydrogens (tertiary/aromatic N) is 3. The summed E-state index contributed by atoms with van der Waals surface area (Å²) < 4.78 is 22.8. The minimum Gasteiger partial charge on any atom is -0.462 e. The molecule has 2 aromatic carbocycles. The Morgan fingerprint density at radius 1 is 0.464 bits per heavy atom. The Morgan fingerprint density at radius 3 is 0.986 bits per heavy atom. The van der Waals surface area contributed by atoms with Gasteiger partial charge >= 0.3 is 23.9 Å². The van der Waals surface area contributed by atoms with Crippen LogP contribution in [0.2, 0.25) is 5.28 Å². The normalized spacial score (nSPS) is 12.7. The van der Waals surface area contributed by atoms with Crippen LogP contribution >= 0.6 is 11.6 Å². The highest BCUT2D eigenvalue weighted by Gasteiger charge is 2.26. The van der Waals surface area contributed by atoms with Crippen LogP contribution in [0.3, 0.4) is 0 Å². The molecule has 0 aliphatic heterocycles. The average Bonchev–Trinajstić information content (AvgIpc) is 3.35. The Kier molecular flexibility index (Phi) is 28.0. The molecule has 2 N–H and O–H groups in total. The van der Waals surface area contributed by atoms with Crippen molar-refractivity contribution in [3.63, 3.8) is 0 Å². The summed E-state index contributed by atoms with van der Waals surface area (Å²) in [4.78, 5) is 66.8. The first kappa shape index (κ1) is 58.0. The summed E-state index contributed by atoms with van der Waals surface area (Å²) in [6.07, 6.45) is 18.7. The smallest absolute Gasteiger partial charge is 0.345 e. The molecular formula is C55H80ClN5O8. The summed E-state index contributed by atoms with van der Waals surface area (Å²) in [7, 11) is 0. The van der Waals surface area contributed by atoms with Crippen LogP contribution < -0.4 is 10.6 Å². The quantitative estimate of drug-likeness (QED) is 0.0191. The number of hydrogen-bond donors (Lipinski definition) is 2. The van der Waals surface area contributed by atoms with Gasteiger partial charge in [-0.1, -0.05) is 157 Å². The molecule has 1 heterocycles. The van der Waals surface area contributed by atoms with Crippen molar-refractivity contribution >= 4 is 70.9 Å². The van der Waals surface area contributed by atoms with E-state index in [0.717, 1.165) is 103 Å². The molecule has 0 radical (unpaired) electrons. The van der Waals surface area contributed by atoms with Gasteiger partial charge in [0.1, 0.15) is 11.1 Å². The Labute approximate surface area is 417 Å². The number of unbranched alkanes of at least 4 members (excludes halogenated alkanes) is 4. The summed E-state index contributed by atoms with van der Waals surface area (Å²) in [6, 6.07) is 14.1. The maximum atomic E-state index is 13.4. The lowest BCUT2D eigenvalue weighted by Crippen LogP contribution is -2.23. The summed E-state index contributed by atoms with van der Waals surface area (Å²) in [6.45, 7) is 17.8. The maximum Gasteiger partial charge on any atom is 0.345 e. The molecule has 0 fully saturated rings. The Morgan fingerprint density at radius 2 is 0.739 bits per heavy atom. The minimum atomic E-state index is -0.703. The van der Waals surface area contributed by atoms with Crippen LogP contribution in [0.15, 0.2) is 59.7 Å². The Hall–Kier alpha value is -5.30. The van der Waals surface area contributed by atoms with Crippen LogP contribution in [0.4, 0.5) is 23.3 Å². The largest absolute Gasteiger partial charge is 0.462 e. The molecular weight excluding hydrogens is 894 g/mol. The molecule has 0 spiro atoms. The topological polar surface area (TPSA) is 168 Å². The van der Waals surface area contributed by atoms with Crippen molar-refractivity contribution < 1.29 is 38.1 Å². The number of aromatic nitrogens is 3. The van der Waals surface area contributed by atoms with E-state index >= 15 is 0 Å². The average molecular weight is 975 g/mol. The molecule has 0 saturated heterocycles. The molecule has 14 heteroatoms. The number of hydrogen-bond acceptors (Lipinski definition) is 13. The lowest BCUT2D eigenvalue weighted by Gasteiger charge is -2.17. The van der Waals surface area contributed by atoms with E-state index in [9.17, 15) is 19.2 Å². The van der Waals surface area contributed by atoms with Gasteiger partial charge in [-0.15, -0.1) is 0 Å². The van der Waals surface area contributed by atoms with Gasteiger partial charge in [0.25, 0.3) is 0 Å². The standard InChI is InChI=1S/C55H80ClN5O8/c1-9-17-21-39(13-5)35-66-49(62)47(50(63)67-36-40(14-6)22-18-10-2)33-43-25-29-45(30-26-43)57-54-59-53(56)60-55(61-54)58-46-31-27-44(28-32-46)34-48(51(64)68-37-41(15-7)23-19-11-3)52(65)69-38-42(16-8)24-20-12-4/h25-34,39-42H,9-24,35-38H2,1-8H3,(H2,57,58,59,60,61). The van der Waals surface area contributed by atoms with Gasteiger partial charge in [0.15, 0.2) is 0 Å². The molecule has 13 nitrogen and oxygen atoms in total. The highest BCUT2D eigenvalue weighted by atomic mass is 35.5. The molecule has 1 aromatic heterocycles. The first-order valence-corrected chi connectivity index (χ1v) is 26.0.